The van der Waals surface area contributed by atoms with Crippen LogP contribution in [0.1, 0.15) is 30.5 Å². The third-order valence-electron chi connectivity index (χ3n) is 7.54. The van der Waals surface area contributed by atoms with Crippen molar-refractivity contribution in [2.75, 3.05) is 62.2 Å². The van der Waals surface area contributed by atoms with Crippen molar-refractivity contribution in [2.24, 2.45) is 0 Å². The van der Waals surface area contributed by atoms with E-state index in [4.69, 9.17) is 4.74 Å². The maximum Gasteiger partial charge on any atom is 0.280 e. The van der Waals surface area contributed by atoms with E-state index in [1.165, 1.54) is 0 Å². The summed E-state index contributed by atoms with van der Waals surface area (Å²) in [6, 6.07) is 3.03. The van der Waals surface area contributed by atoms with Gasteiger partial charge in [0.05, 0.1) is 19.7 Å². The van der Waals surface area contributed by atoms with Crippen molar-refractivity contribution < 1.29 is 13.5 Å². The monoisotopic (exact) mass is 417 g/mol. The molecule has 6 heterocycles. The van der Waals surface area contributed by atoms with Gasteiger partial charge in [0.1, 0.15) is 17.1 Å². The van der Waals surface area contributed by atoms with Gasteiger partial charge in [0, 0.05) is 62.1 Å². The molecule has 3 saturated heterocycles. The van der Waals surface area contributed by atoms with E-state index in [1.807, 2.05) is 6.08 Å². The number of pyridine rings is 1. The number of alkyl halides is 2. The fourth-order valence-corrected chi connectivity index (χ4v) is 5.92. The SMILES string of the molecule is FC(F)c1nc(N2CC3(C=CCO3)C2)cc2c1CCCC1C(N3CCNCC3)CN21. The summed E-state index contributed by atoms with van der Waals surface area (Å²) in [7, 11) is 0. The molecule has 5 aliphatic heterocycles. The molecule has 0 aliphatic carbocycles. The second-order valence-corrected chi connectivity index (χ2v) is 9.26. The van der Waals surface area contributed by atoms with E-state index in [9.17, 15) is 8.78 Å². The highest BCUT2D eigenvalue weighted by atomic mass is 19.3. The molecule has 8 heteroatoms. The summed E-state index contributed by atoms with van der Waals surface area (Å²) in [4.78, 5) is 11.5. The number of hydrogen-bond acceptors (Lipinski definition) is 6. The number of rotatable bonds is 3. The van der Waals surface area contributed by atoms with Gasteiger partial charge in [-0.25, -0.2) is 13.8 Å². The number of fused-ring (bicyclic) bond motifs is 3. The Morgan fingerprint density at radius 3 is 2.77 bits per heavy atom. The molecule has 5 aliphatic rings. The molecule has 3 fully saturated rings. The van der Waals surface area contributed by atoms with Crippen LogP contribution in [0.25, 0.3) is 0 Å². The van der Waals surface area contributed by atoms with Gasteiger partial charge >= 0.3 is 0 Å². The van der Waals surface area contributed by atoms with Crippen LogP contribution in [0.15, 0.2) is 18.2 Å². The summed E-state index contributed by atoms with van der Waals surface area (Å²) in [5, 5.41) is 3.42. The molecule has 0 radical (unpaired) electrons. The maximum atomic E-state index is 14.0. The smallest absolute Gasteiger partial charge is 0.280 e. The zero-order chi connectivity index (χ0) is 20.3. The Bertz CT molecular complexity index is 850. The summed E-state index contributed by atoms with van der Waals surface area (Å²) in [5.41, 5.74) is 1.50. The summed E-state index contributed by atoms with van der Waals surface area (Å²) in [6.45, 7) is 7.17. The van der Waals surface area contributed by atoms with E-state index in [2.05, 4.69) is 37.1 Å². The molecule has 6 rings (SSSR count). The van der Waals surface area contributed by atoms with E-state index >= 15 is 0 Å². The summed E-state index contributed by atoms with van der Waals surface area (Å²) in [6.07, 6.45) is 4.30. The molecule has 162 valence electrons. The largest absolute Gasteiger partial charge is 0.365 e. The Kier molecular flexibility index (Phi) is 4.51. The molecular weight excluding hydrogens is 388 g/mol. The van der Waals surface area contributed by atoms with Crippen LogP contribution in [0.3, 0.4) is 0 Å². The van der Waals surface area contributed by atoms with Crippen molar-refractivity contribution in [2.45, 2.75) is 43.4 Å². The Morgan fingerprint density at radius 1 is 1.20 bits per heavy atom. The van der Waals surface area contributed by atoms with Crippen molar-refractivity contribution >= 4 is 11.5 Å². The molecule has 1 spiro atoms. The lowest BCUT2D eigenvalue weighted by molar-refractivity contribution is 0.00350. The fourth-order valence-electron chi connectivity index (χ4n) is 5.92. The van der Waals surface area contributed by atoms with Gasteiger partial charge < -0.3 is 19.9 Å². The number of nitrogens with zero attached hydrogens (tertiary/aromatic N) is 4. The molecule has 30 heavy (non-hydrogen) atoms. The minimum absolute atomic E-state index is 0.0161. The van der Waals surface area contributed by atoms with Crippen LogP contribution in [-0.4, -0.2) is 80.0 Å². The van der Waals surface area contributed by atoms with Crippen molar-refractivity contribution in [1.29, 1.82) is 0 Å². The molecule has 6 nitrogen and oxygen atoms in total. The number of nitrogens with one attached hydrogen (secondary N) is 1. The van der Waals surface area contributed by atoms with Gasteiger partial charge in [-0.2, -0.15) is 0 Å². The minimum atomic E-state index is -2.54. The molecule has 0 amide bonds. The highest BCUT2D eigenvalue weighted by Crippen LogP contribution is 2.44. The van der Waals surface area contributed by atoms with Gasteiger partial charge in [0.25, 0.3) is 6.43 Å². The Hall–Kier alpha value is -1.77. The first-order valence-corrected chi connectivity index (χ1v) is 11.2. The van der Waals surface area contributed by atoms with Crippen LogP contribution in [0, 0.1) is 0 Å². The van der Waals surface area contributed by atoms with Crippen LogP contribution in [0.4, 0.5) is 20.3 Å². The first kappa shape index (κ1) is 19.0. The van der Waals surface area contributed by atoms with E-state index < -0.39 is 6.43 Å². The first-order valence-electron chi connectivity index (χ1n) is 11.2. The summed E-state index contributed by atoms with van der Waals surface area (Å²) >= 11 is 0. The summed E-state index contributed by atoms with van der Waals surface area (Å²) < 4.78 is 33.8. The average Bonchev–Trinajstić information content (AvgIpc) is 3.16. The molecular formula is C22H29F2N5O. The second kappa shape index (κ2) is 7.14. The van der Waals surface area contributed by atoms with E-state index in [-0.39, 0.29) is 11.3 Å². The van der Waals surface area contributed by atoms with Crippen molar-refractivity contribution in [3.8, 4) is 0 Å². The highest BCUT2D eigenvalue weighted by molar-refractivity contribution is 5.66. The number of aromatic nitrogens is 1. The fraction of sp³-hybridized carbons (Fsp3) is 0.682. The molecule has 2 atom stereocenters. The quantitative estimate of drug-likeness (QED) is 0.759. The zero-order valence-electron chi connectivity index (χ0n) is 17.2. The lowest BCUT2D eigenvalue weighted by Gasteiger charge is -2.55. The van der Waals surface area contributed by atoms with Gasteiger partial charge in [0.2, 0.25) is 0 Å². The molecule has 0 aromatic carbocycles. The lowest BCUT2D eigenvalue weighted by Crippen LogP contribution is -2.69. The predicted octanol–water partition coefficient (Wildman–Crippen LogP) is 1.96. The standard InChI is InChI=1S/C22H29F2N5O/c23-21(24)20-15-3-1-4-16-18(27-8-6-25-7-9-27)12-29(16)17(15)11-19(26-20)28-13-22(14-28)5-2-10-30-22/h2,5,11,16,18,21,25H,1,3-4,6-10,12-14H2. The Balaban J connectivity index is 1.29. The van der Waals surface area contributed by atoms with Crippen molar-refractivity contribution in [3.05, 3.63) is 29.5 Å². The molecule has 2 unspecified atom stereocenters. The number of anilines is 2. The van der Waals surface area contributed by atoms with Gasteiger partial charge in [-0.05, 0) is 19.3 Å². The predicted molar refractivity (Wildman–Crippen MR) is 112 cm³/mol. The minimum Gasteiger partial charge on any atom is -0.365 e. The van der Waals surface area contributed by atoms with Crippen molar-refractivity contribution in [1.82, 2.24) is 15.2 Å². The number of ether oxygens (including phenoxy) is 1. The van der Waals surface area contributed by atoms with Gasteiger partial charge in [-0.3, -0.25) is 4.90 Å². The average molecular weight is 418 g/mol. The number of halogens is 2. The zero-order valence-corrected chi connectivity index (χ0v) is 17.2. The molecule has 1 N–H and O–H groups in total. The number of piperazine rings is 1. The molecule has 0 saturated carbocycles. The van der Waals surface area contributed by atoms with Crippen LogP contribution in [-0.2, 0) is 11.2 Å². The lowest BCUT2D eigenvalue weighted by atomic mass is 9.90. The van der Waals surface area contributed by atoms with E-state index in [1.54, 1.807) is 0 Å². The van der Waals surface area contributed by atoms with E-state index in [0.29, 0.717) is 44.0 Å². The van der Waals surface area contributed by atoms with Crippen LogP contribution in [0.2, 0.25) is 0 Å². The van der Waals surface area contributed by atoms with Crippen LogP contribution >= 0.6 is 0 Å². The normalized spacial score (nSPS) is 30.1. The Labute approximate surface area is 175 Å². The molecule has 0 bridgehead atoms. The Morgan fingerprint density at radius 2 is 2.03 bits per heavy atom. The van der Waals surface area contributed by atoms with Gasteiger partial charge in [-0.15, -0.1) is 0 Å². The van der Waals surface area contributed by atoms with E-state index in [0.717, 1.165) is 56.8 Å². The van der Waals surface area contributed by atoms with Crippen LogP contribution in [0.5, 0.6) is 0 Å². The van der Waals surface area contributed by atoms with Gasteiger partial charge in [0.15, 0.2) is 0 Å². The summed E-state index contributed by atoms with van der Waals surface area (Å²) in [5.74, 6) is 0.671. The van der Waals surface area contributed by atoms with Gasteiger partial charge in [-0.1, -0.05) is 12.2 Å². The second-order valence-electron chi connectivity index (χ2n) is 9.26. The van der Waals surface area contributed by atoms with Crippen LogP contribution < -0.4 is 15.1 Å². The molecule has 1 aromatic rings. The maximum absolute atomic E-state index is 14.0. The third kappa shape index (κ3) is 2.95. The first-order chi connectivity index (χ1) is 14.6. The number of hydrogen-bond donors (Lipinski definition) is 1. The highest BCUT2D eigenvalue weighted by Gasteiger charge is 2.47. The topological polar surface area (TPSA) is 43.9 Å². The molecule has 1 aromatic heterocycles. The van der Waals surface area contributed by atoms with Crippen molar-refractivity contribution in [3.63, 3.8) is 0 Å². The third-order valence-corrected chi connectivity index (χ3v) is 7.54.